The number of ketones is 2. The molecular formula is C17H21NO2. The molecule has 20 heavy (non-hydrogen) atoms. The van der Waals surface area contributed by atoms with Crippen molar-refractivity contribution in [3.8, 4) is 0 Å². The standard InChI is InChI=1S/C17H21NO2/c1-3-12(19)10-11-4-5-13-14-6-7-16(20)17(14,2)9-8-15(13)18-11/h3-4,13-14H,1,5-10H2,2H3/t13?,14-,17-/m0/s1. The molecule has 3 rings (SSSR count). The van der Waals surface area contributed by atoms with Gasteiger partial charge in [0.15, 0.2) is 5.78 Å². The lowest BCUT2D eigenvalue weighted by atomic mass is 9.62. The molecule has 0 aromatic rings. The third-order valence-electron chi connectivity index (χ3n) is 5.43. The zero-order valence-corrected chi connectivity index (χ0v) is 12.0. The zero-order chi connectivity index (χ0) is 14.3. The number of carbonyl (C=O) groups excluding carboxylic acids is 2. The Morgan fingerprint density at radius 1 is 1.55 bits per heavy atom. The highest BCUT2D eigenvalue weighted by molar-refractivity contribution is 5.96. The summed E-state index contributed by atoms with van der Waals surface area (Å²) in [6.07, 6.45) is 8.32. The molecule has 2 aliphatic carbocycles. The normalized spacial score (nSPS) is 35.8. The van der Waals surface area contributed by atoms with Crippen LogP contribution in [0.1, 0.15) is 45.4 Å². The summed E-state index contributed by atoms with van der Waals surface area (Å²) in [6, 6.07) is 0. The van der Waals surface area contributed by atoms with Gasteiger partial charge >= 0.3 is 0 Å². The molecule has 0 bridgehead atoms. The van der Waals surface area contributed by atoms with Crippen molar-refractivity contribution < 1.29 is 9.59 Å². The van der Waals surface area contributed by atoms with E-state index in [1.165, 1.54) is 11.8 Å². The Balaban J connectivity index is 1.80. The van der Waals surface area contributed by atoms with E-state index in [0.29, 0.717) is 24.0 Å². The molecule has 1 heterocycles. The van der Waals surface area contributed by atoms with Crippen molar-refractivity contribution >= 4 is 17.3 Å². The smallest absolute Gasteiger partial charge is 0.161 e. The third kappa shape index (κ3) is 2.00. The van der Waals surface area contributed by atoms with E-state index in [0.717, 1.165) is 37.8 Å². The first kappa shape index (κ1) is 13.5. The van der Waals surface area contributed by atoms with Gasteiger partial charge in [0, 0.05) is 29.2 Å². The molecule has 0 N–H and O–H groups in total. The molecule has 2 fully saturated rings. The molecule has 1 aliphatic heterocycles. The number of fused-ring (bicyclic) bond motifs is 3. The quantitative estimate of drug-likeness (QED) is 0.740. The van der Waals surface area contributed by atoms with E-state index in [1.807, 2.05) is 0 Å². The summed E-state index contributed by atoms with van der Waals surface area (Å²) < 4.78 is 0. The molecule has 0 aromatic heterocycles. The number of aliphatic imine (C=N–C) groups is 1. The minimum Gasteiger partial charge on any atom is -0.299 e. The molecule has 0 radical (unpaired) electrons. The number of hydrogen-bond acceptors (Lipinski definition) is 3. The lowest BCUT2D eigenvalue weighted by Gasteiger charge is -2.42. The van der Waals surface area contributed by atoms with E-state index in [4.69, 9.17) is 4.99 Å². The Bertz CT molecular complexity index is 543. The number of allylic oxidation sites excluding steroid dienone is 3. The van der Waals surface area contributed by atoms with Crippen molar-refractivity contribution in [1.29, 1.82) is 0 Å². The SMILES string of the molecule is C=CC(=O)CC1=CCC2C(=N1)CC[C@]1(C)C(=O)CC[C@@H]21. The molecule has 0 amide bonds. The van der Waals surface area contributed by atoms with E-state index in [2.05, 4.69) is 19.6 Å². The van der Waals surface area contributed by atoms with Crippen LogP contribution in [0.3, 0.4) is 0 Å². The predicted molar refractivity (Wildman–Crippen MR) is 78.5 cm³/mol. The summed E-state index contributed by atoms with van der Waals surface area (Å²) in [5, 5.41) is 0. The van der Waals surface area contributed by atoms with Crippen LogP contribution in [-0.4, -0.2) is 17.3 Å². The largest absolute Gasteiger partial charge is 0.299 e. The van der Waals surface area contributed by atoms with Gasteiger partial charge in [-0.2, -0.15) is 0 Å². The van der Waals surface area contributed by atoms with Gasteiger partial charge < -0.3 is 0 Å². The van der Waals surface area contributed by atoms with Crippen LogP contribution in [0, 0.1) is 17.3 Å². The van der Waals surface area contributed by atoms with Gasteiger partial charge in [-0.1, -0.05) is 19.6 Å². The second-order valence-electron chi connectivity index (χ2n) is 6.47. The van der Waals surface area contributed by atoms with Crippen molar-refractivity contribution in [2.75, 3.05) is 0 Å². The van der Waals surface area contributed by atoms with Crippen molar-refractivity contribution in [1.82, 2.24) is 0 Å². The Morgan fingerprint density at radius 3 is 3.10 bits per heavy atom. The maximum Gasteiger partial charge on any atom is 0.161 e. The van der Waals surface area contributed by atoms with Crippen LogP contribution in [0.25, 0.3) is 0 Å². The van der Waals surface area contributed by atoms with Crippen LogP contribution in [0.4, 0.5) is 0 Å². The first-order valence-corrected chi connectivity index (χ1v) is 7.49. The van der Waals surface area contributed by atoms with Gasteiger partial charge in [0.25, 0.3) is 0 Å². The topological polar surface area (TPSA) is 46.5 Å². The summed E-state index contributed by atoms with van der Waals surface area (Å²) in [4.78, 5) is 28.3. The highest BCUT2D eigenvalue weighted by atomic mass is 16.1. The van der Waals surface area contributed by atoms with Gasteiger partial charge in [-0.05, 0) is 37.7 Å². The molecule has 2 saturated carbocycles. The maximum absolute atomic E-state index is 12.1. The van der Waals surface area contributed by atoms with Crippen molar-refractivity contribution in [3.05, 3.63) is 24.4 Å². The first-order valence-electron chi connectivity index (χ1n) is 7.49. The lowest BCUT2D eigenvalue weighted by molar-refractivity contribution is -0.127. The number of nitrogens with zero attached hydrogens (tertiary/aromatic N) is 1. The predicted octanol–water partition coefficient (Wildman–Crippen LogP) is 3.26. The molecule has 3 atom stereocenters. The third-order valence-corrected chi connectivity index (χ3v) is 5.43. The Labute approximate surface area is 119 Å². The lowest BCUT2D eigenvalue weighted by Crippen LogP contribution is -2.42. The molecule has 1 unspecified atom stereocenters. The summed E-state index contributed by atoms with van der Waals surface area (Å²) in [7, 11) is 0. The van der Waals surface area contributed by atoms with Crippen LogP contribution >= 0.6 is 0 Å². The summed E-state index contributed by atoms with van der Waals surface area (Å²) in [6.45, 7) is 5.65. The van der Waals surface area contributed by atoms with E-state index < -0.39 is 0 Å². The Morgan fingerprint density at radius 2 is 2.35 bits per heavy atom. The van der Waals surface area contributed by atoms with E-state index in [9.17, 15) is 9.59 Å². The monoisotopic (exact) mass is 271 g/mol. The van der Waals surface area contributed by atoms with Gasteiger partial charge in [0.2, 0.25) is 0 Å². The van der Waals surface area contributed by atoms with Crippen LogP contribution in [0.15, 0.2) is 29.4 Å². The zero-order valence-electron chi connectivity index (χ0n) is 12.0. The van der Waals surface area contributed by atoms with Crippen molar-refractivity contribution in [3.63, 3.8) is 0 Å². The molecule has 0 spiro atoms. The van der Waals surface area contributed by atoms with Gasteiger partial charge in [0.1, 0.15) is 5.78 Å². The van der Waals surface area contributed by atoms with Crippen molar-refractivity contribution in [2.45, 2.75) is 45.4 Å². The van der Waals surface area contributed by atoms with Crippen LogP contribution in [0.2, 0.25) is 0 Å². The Hall–Kier alpha value is -1.51. The molecule has 3 nitrogen and oxygen atoms in total. The van der Waals surface area contributed by atoms with E-state index in [-0.39, 0.29) is 11.2 Å². The van der Waals surface area contributed by atoms with Crippen molar-refractivity contribution in [2.24, 2.45) is 22.2 Å². The molecular weight excluding hydrogens is 250 g/mol. The average molecular weight is 271 g/mol. The summed E-state index contributed by atoms with van der Waals surface area (Å²) >= 11 is 0. The first-order chi connectivity index (χ1) is 9.54. The fourth-order valence-electron chi connectivity index (χ4n) is 4.17. The van der Waals surface area contributed by atoms with Gasteiger partial charge in [0.05, 0.1) is 6.42 Å². The fraction of sp³-hybridized carbons (Fsp3) is 0.588. The van der Waals surface area contributed by atoms with Crippen LogP contribution < -0.4 is 0 Å². The Kier molecular flexibility index (Phi) is 3.23. The van der Waals surface area contributed by atoms with Gasteiger partial charge in [-0.25, -0.2) is 0 Å². The second-order valence-corrected chi connectivity index (χ2v) is 6.47. The van der Waals surface area contributed by atoms with Crippen LogP contribution in [0.5, 0.6) is 0 Å². The molecule has 106 valence electrons. The number of hydrogen-bond donors (Lipinski definition) is 0. The van der Waals surface area contributed by atoms with Gasteiger partial charge in [-0.3, -0.25) is 14.6 Å². The molecule has 3 heteroatoms. The fourth-order valence-corrected chi connectivity index (χ4v) is 4.17. The van der Waals surface area contributed by atoms with Crippen LogP contribution in [-0.2, 0) is 9.59 Å². The summed E-state index contributed by atoms with van der Waals surface area (Å²) in [5.41, 5.74) is 1.98. The second kappa shape index (κ2) is 4.80. The summed E-state index contributed by atoms with van der Waals surface area (Å²) in [5.74, 6) is 1.34. The molecule has 0 aromatic carbocycles. The number of Topliss-reactive ketones (excluding diaryl/α,β-unsaturated/α-hetero) is 1. The minimum absolute atomic E-state index is 0.0238. The highest BCUT2D eigenvalue weighted by Gasteiger charge is 2.52. The molecule has 0 saturated heterocycles. The number of rotatable bonds is 3. The average Bonchev–Trinajstić information content (AvgIpc) is 2.75. The minimum atomic E-state index is -0.119. The molecule has 3 aliphatic rings. The van der Waals surface area contributed by atoms with E-state index in [1.54, 1.807) is 0 Å². The van der Waals surface area contributed by atoms with E-state index >= 15 is 0 Å². The highest BCUT2D eigenvalue weighted by Crippen LogP contribution is 2.53. The van der Waals surface area contributed by atoms with Gasteiger partial charge in [-0.15, -0.1) is 0 Å². The number of carbonyl (C=O) groups is 2. The maximum atomic E-state index is 12.1.